The summed E-state index contributed by atoms with van der Waals surface area (Å²) in [5, 5.41) is 11.9. The maximum absolute atomic E-state index is 11.7. The van der Waals surface area contributed by atoms with E-state index >= 15 is 0 Å². The summed E-state index contributed by atoms with van der Waals surface area (Å²) in [5.74, 6) is 0.0744. The topological polar surface area (TPSA) is 56.1 Å². The maximum Gasteiger partial charge on any atom is 0.226 e. The average Bonchev–Trinajstić information content (AvgIpc) is 2.72. The Hall–Kier alpha value is -2.02. The highest BCUT2D eigenvalue weighted by Crippen LogP contribution is 2.36. The van der Waals surface area contributed by atoms with Crippen LogP contribution in [0.3, 0.4) is 0 Å². The average molecular weight is 227 g/mol. The number of rotatable bonds is 0. The standard InChI is InChI=1S/C13H13N3O/c14-8-9-3-4-11-12(6-9)16-5-1-2-10(16)7-13(17)15-11/h3-4,6,10H,1-2,5,7H2,(H,15,17). The van der Waals surface area contributed by atoms with Crippen molar-refractivity contribution in [3.8, 4) is 6.07 Å². The van der Waals surface area contributed by atoms with Crippen molar-refractivity contribution in [3.63, 3.8) is 0 Å². The first-order valence-corrected chi connectivity index (χ1v) is 5.88. The van der Waals surface area contributed by atoms with Gasteiger partial charge in [0.05, 0.1) is 23.0 Å². The van der Waals surface area contributed by atoms with Crippen molar-refractivity contribution in [1.82, 2.24) is 0 Å². The molecule has 2 aliphatic rings. The van der Waals surface area contributed by atoms with Gasteiger partial charge < -0.3 is 10.2 Å². The van der Waals surface area contributed by atoms with E-state index in [-0.39, 0.29) is 5.91 Å². The zero-order chi connectivity index (χ0) is 11.8. The number of carbonyl (C=O) groups excluding carboxylic acids is 1. The quantitative estimate of drug-likeness (QED) is 0.736. The van der Waals surface area contributed by atoms with E-state index < -0.39 is 0 Å². The third-order valence-corrected chi connectivity index (χ3v) is 3.51. The first-order chi connectivity index (χ1) is 8.28. The molecule has 2 heterocycles. The van der Waals surface area contributed by atoms with E-state index in [0.717, 1.165) is 30.8 Å². The highest BCUT2D eigenvalue weighted by molar-refractivity contribution is 5.97. The highest BCUT2D eigenvalue weighted by atomic mass is 16.1. The number of carbonyl (C=O) groups is 1. The minimum Gasteiger partial charge on any atom is -0.366 e. The molecule has 0 radical (unpaired) electrons. The largest absolute Gasteiger partial charge is 0.366 e. The van der Waals surface area contributed by atoms with Crippen LogP contribution in [-0.4, -0.2) is 18.5 Å². The van der Waals surface area contributed by atoms with Crippen molar-refractivity contribution >= 4 is 17.3 Å². The van der Waals surface area contributed by atoms with E-state index in [1.807, 2.05) is 12.1 Å². The number of hydrogen-bond donors (Lipinski definition) is 1. The third kappa shape index (κ3) is 1.64. The second-order valence-electron chi connectivity index (χ2n) is 4.59. The van der Waals surface area contributed by atoms with E-state index in [1.54, 1.807) is 6.07 Å². The predicted molar refractivity (Wildman–Crippen MR) is 64.8 cm³/mol. The number of hydrogen-bond acceptors (Lipinski definition) is 3. The molecule has 1 aromatic rings. The summed E-state index contributed by atoms with van der Waals surface area (Å²) in [6.07, 6.45) is 2.73. The molecular formula is C13H13N3O. The van der Waals surface area contributed by atoms with Crippen LogP contribution >= 0.6 is 0 Å². The number of nitrogens with zero attached hydrogens (tertiary/aromatic N) is 2. The molecule has 1 amide bonds. The normalized spacial score (nSPS) is 22.2. The molecule has 1 N–H and O–H groups in total. The summed E-state index contributed by atoms with van der Waals surface area (Å²) in [6.45, 7) is 0.974. The molecule has 0 saturated carbocycles. The molecule has 86 valence electrons. The third-order valence-electron chi connectivity index (χ3n) is 3.51. The summed E-state index contributed by atoms with van der Waals surface area (Å²) in [7, 11) is 0. The predicted octanol–water partition coefficient (Wildman–Crippen LogP) is 1.87. The van der Waals surface area contributed by atoms with Crippen molar-refractivity contribution in [1.29, 1.82) is 5.26 Å². The Morgan fingerprint density at radius 3 is 3.18 bits per heavy atom. The van der Waals surface area contributed by atoms with Gasteiger partial charge in [0, 0.05) is 19.0 Å². The lowest BCUT2D eigenvalue weighted by Gasteiger charge is -2.24. The van der Waals surface area contributed by atoms with Gasteiger partial charge in [0.15, 0.2) is 0 Å². The van der Waals surface area contributed by atoms with Gasteiger partial charge in [-0.3, -0.25) is 4.79 Å². The zero-order valence-corrected chi connectivity index (χ0v) is 9.44. The van der Waals surface area contributed by atoms with Gasteiger partial charge in [-0.1, -0.05) is 0 Å². The Labute approximate surface area is 99.8 Å². The Kier molecular flexibility index (Phi) is 2.25. The molecule has 1 saturated heterocycles. The van der Waals surface area contributed by atoms with Crippen LogP contribution in [0.15, 0.2) is 18.2 Å². The molecule has 0 aliphatic carbocycles. The van der Waals surface area contributed by atoms with E-state index in [1.165, 1.54) is 0 Å². The highest BCUT2D eigenvalue weighted by Gasteiger charge is 2.31. The lowest BCUT2D eigenvalue weighted by atomic mass is 10.1. The van der Waals surface area contributed by atoms with Gasteiger partial charge >= 0.3 is 0 Å². The van der Waals surface area contributed by atoms with Crippen LogP contribution in [0.2, 0.25) is 0 Å². The summed E-state index contributed by atoms with van der Waals surface area (Å²) >= 11 is 0. The minimum absolute atomic E-state index is 0.0744. The van der Waals surface area contributed by atoms with Crippen molar-refractivity contribution in [3.05, 3.63) is 23.8 Å². The number of benzene rings is 1. The van der Waals surface area contributed by atoms with Crippen LogP contribution in [0, 0.1) is 11.3 Å². The Morgan fingerprint density at radius 1 is 1.47 bits per heavy atom. The van der Waals surface area contributed by atoms with Crippen LogP contribution in [-0.2, 0) is 4.79 Å². The fourth-order valence-corrected chi connectivity index (χ4v) is 2.72. The number of nitrogens with one attached hydrogen (secondary N) is 1. The van der Waals surface area contributed by atoms with Crippen LogP contribution < -0.4 is 10.2 Å². The monoisotopic (exact) mass is 227 g/mol. The molecule has 3 rings (SSSR count). The zero-order valence-electron chi connectivity index (χ0n) is 9.44. The minimum atomic E-state index is 0.0744. The van der Waals surface area contributed by atoms with E-state index in [2.05, 4.69) is 16.3 Å². The second-order valence-corrected chi connectivity index (χ2v) is 4.59. The van der Waals surface area contributed by atoms with Gasteiger partial charge in [-0.25, -0.2) is 0 Å². The summed E-state index contributed by atoms with van der Waals surface area (Å²) < 4.78 is 0. The van der Waals surface area contributed by atoms with Crippen molar-refractivity contribution in [2.75, 3.05) is 16.8 Å². The summed E-state index contributed by atoms with van der Waals surface area (Å²) in [6, 6.07) is 7.89. The van der Waals surface area contributed by atoms with E-state index in [0.29, 0.717) is 18.0 Å². The number of anilines is 2. The molecule has 2 aliphatic heterocycles. The van der Waals surface area contributed by atoms with E-state index in [9.17, 15) is 4.79 Å². The van der Waals surface area contributed by atoms with Gasteiger partial charge in [-0.15, -0.1) is 0 Å². The molecule has 1 atom stereocenters. The lowest BCUT2D eigenvalue weighted by molar-refractivity contribution is -0.116. The van der Waals surface area contributed by atoms with Gasteiger partial charge in [0.1, 0.15) is 0 Å². The SMILES string of the molecule is N#Cc1ccc2c(c1)N1CCCC1CC(=O)N2. The fraction of sp³-hybridized carbons (Fsp3) is 0.385. The first-order valence-electron chi connectivity index (χ1n) is 5.88. The molecule has 0 bridgehead atoms. The molecule has 1 aromatic carbocycles. The smallest absolute Gasteiger partial charge is 0.226 e. The number of nitriles is 1. The molecule has 17 heavy (non-hydrogen) atoms. The van der Waals surface area contributed by atoms with Gasteiger partial charge in [-0.2, -0.15) is 5.26 Å². The first kappa shape index (κ1) is 10.2. The number of fused-ring (bicyclic) bond motifs is 3. The lowest BCUT2D eigenvalue weighted by Crippen LogP contribution is -2.29. The van der Waals surface area contributed by atoms with Crippen LogP contribution in [0.4, 0.5) is 11.4 Å². The van der Waals surface area contributed by atoms with Crippen molar-refractivity contribution < 1.29 is 4.79 Å². The van der Waals surface area contributed by atoms with Crippen LogP contribution in [0.5, 0.6) is 0 Å². The molecule has 0 aromatic heterocycles. The van der Waals surface area contributed by atoms with E-state index in [4.69, 9.17) is 5.26 Å². The molecule has 0 spiro atoms. The Morgan fingerprint density at radius 2 is 2.35 bits per heavy atom. The summed E-state index contributed by atoms with van der Waals surface area (Å²) in [4.78, 5) is 14.0. The van der Waals surface area contributed by atoms with Crippen LogP contribution in [0.1, 0.15) is 24.8 Å². The summed E-state index contributed by atoms with van der Waals surface area (Å²) in [5.41, 5.74) is 2.47. The molecule has 1 fully saturated rings. The second kappa shape index (κ2) is 3.77. The van der Waals surface area contributed by atoms with Crippen LogP contribution in [0.25, 0.3) is 0 Å². The van der Waals surface area contributed by atoms with Crippen molar-refractivity contribution in [2.45, 2.75) is 25.3 Å². The maximum atomic E-state index is 11.7. The molecule has 4 nitrogen and oxygen atoms in total. The molecule has 1 unspecified atom stereocenters. The molecular weight excluding hydrogens is 214 g/mol. The van der Waals surface area contributed by atoms with Gasteiger partial charge in [-0.05, 0) is 31.0 Å². The Balaban J connectivity index is 2.11. The fourth-order valence-electron chi connectivity index (χ4n) is 2.72. The van der Waals surface area contributed by atoms with Crippen molar-refractivity contribution in [2.24, 2.45) is 0 Å². The van der Waals surface area contributed by atoms with Gasteiger partial charge in [0.25, 0.3) is 0 Å². The van der Waals surface area contributed by atoms with Gasteiger partial charge in [0.2, 0.25) is 5.91 Å². The Bertz CT molecular complexity index is 518. The molecule has 4 heteroatoms. The number of amides is 1.